The molecule has 10 nitrogen and oxygen atoms in total. The summed E-state index contributed by atoms with van der Waals surface area (Å²) in [6.45, 7) is 8.55. The molecule has 10 heteroatoms. The van der Waals surface area contributed by atoms with E-state index in [1.165, 1.54) is 0 Å². The highest BCUT2D eigenvalue weighted by atomic mass is 16.5. The molecule has 4 aromatic rings. The molecule has 0 radical (unpaired) electrons. The van der Waals surface area contributed by atoms with Gasteiger partial charge in [0.05, 0.1) is 44.4 Å². The van der Waals surface area contributed by atoms with Gasteiger partial charge >= 0.3 is 0 Å². The Hall–Kier alpha value is -4.41. The van der Waals surface area contributed by atoms with E-state index in [4.69, 9.17) is 14.2 Å². The highest BCUT2D eigenvalue weighted by Crippen LogP contribution is 2.39. The number of fused-ring (bicyclic) bond motifs is 1. The number of ether oxygens (including phenoxy) is 3. The molecular formula is C33H37N5O5. The van der Waals surface area contributed by atoms with Gasteiger partial charge in [0.2, 0.25) is 0 Å². The first-order valence-corrected chi connectivity index (χ1v) is 14.8. The quantitative estimate of drug-likeness (QED) is 0.199. The summed E-state index contributed by atoms with van der Waals surface area (Å²) < 4.78 is 21.4. The van der Waals surface area contributed by atoms with Crippen LogP contribution in [0.1, 0.15) is 29.7 Å². The number of methoxy groups -OCH3 is 1. The minimum absolute atomic E-state index is 0.333. The second-order valence-corrected chi connectivity index (χ2v) is 10.9. The number of nitrogens with one attached hydrogen (secondary N) is 1. The Morgan fingerprint density at radius 1 is 0.930 bits per heavy atom. The number of hydrogen-bond donors (Lipinski definition) is 1. The molecule has 1 fully saturated rings. The molecule has 2 amide bonds. The van der Waals surface area contributed by atoms with E-state index in [0.29, 0.717) is 34.8 Å². The molecule has 0 unspecified atom stereocenters. The third-order valence-corrected chi connectivity index (χ3v) is 8.14. The maximum absolute atomic E-state index is 13.3. The number of carbonyl (C=O) groups is 2. The number of aryl methyl sites for hydroxylation is 3. The fourth-order valence-corrected chi connectivity index (χ4v) is 5.89. The zero-order valence-corrected chi connectivity index (χ0v) is 24.7. The second-order valence-electron chi connectivity index (χ2n) is 10.9. The number of carbonyl (C=O) groups excluding carboxylic acids is 2. The van der Waals surface area contributed by atoms with Gasteiger partial charge in [-0.15, -0.1) is 0 Å². The lowest BCUT2D eigenvalue weighted by atomic mass is 9.95. The van der Waals surface area contributed by atoms with Crippen molar-refractivity contribution in [2.45, 2.75) is 32.9 Å². The number of nitrogens with zero attached hydrogens (tertiary/aromatic N) is 4. The van der Waals surface area contributed by atoms with Gasteiger partial charge in [0, 0.05) is 67.3 Å². The molecule has 0 aliphatic carbocycles. The minimum Gasteiger partial charge on any atom is -0.493 e. The van der Waals surface area contributed by atoms with Crippen molar-refractivity contribution in [2.75, 3.05) is 46.6 Å². The number of hydrogen-bond acceptors (Lipinski definition) is 7. The molecule has 2 aliphatic heterocycles. The average molecular weight is 584 g/mol. The molecular weight excluding hydrogens is 546 g/mol. The fourth-order valence-electron chi connectivity index (χ4n) is 5.89. The first-order valence-electron chi connectivity index (χ1n) is 14.8. The van der Waals surface area contributed by atoms with E-state index in [2.05, 4.69) is 24.3 Å². The Labute approximate surface area is 250 Å². The van der Waals surface area contributed by atoms with Crippen molar-refractivity contribution in [1.82, 2.24) is 24.3 Å². The third-order valence-electron chi connectivity index (χ3n) is 8.14. The SMILES string of the molecule is COc1cc(C2=C(c3cn(CCCn4cncc4C)c4ccccc34)C(=O)NC2=O)ccc1OCCCN1CCOCC1. The lowest BCUT2D eigenvalue weighted by Gasteiger charge is -2.26. The number of imide groups is 1. The first-order chi connectivity index (χ1) is 21.0. The second kappa shape index (κ2) is 12.8. The minimum atomic E-state index is -0.423. The van der Waals surface area contributed by atoms with Crippen LogP contribution in [-0.4, -0.2) is 77.4 Å². The van der Waals surface area contributed by atoms with E-state index in [1.807, 2.05) is 62.0 Å². The smallest absolute Gasteiger partial charge is 0.259 e. The van der Waals surface area contributed by atoms with E-state index in [9.17, 15) is 9.59 Å². The van der Waals surface area contributed by atoms with Crippen molar-refractivity contribution < 1.29 is 23.8 Å². The summed E-state index contributed by atoms with van der Waals surface area (Å²) in [5.74, 6) is 0.290. The van der Waals surface area contributed by atoms with Crippen molar-refractivity contribution in [3.05, 3.63) is 78.0 Å². The van der Waals surface area contributed by atoms with Crippen LogP contribution >= 0.6 is 0 Å². The molecule has 43 heavy (non-hydrogen) atoms. The Morgan fingerprint density at radius 2 is 1.72 bits per heavy atom. The zero-order chi connectivity index (χ0) is 29.8. The molecule has 224 valence electrons. The molecule has 6 rings (SSSR count). The van der Waals surface area contributed by atoms with Gasteiger partial charge in [-0.3, -0.25) is 19.8 Å². The summed E-state index contributed by atoms with van der Waals surface area (Å²) >= 11 is 0. The molecule has 0 bridgehead atoms. The summed E-state index contributed by atoms with van der Waals surface area (Å²) in [5, 5.41) is 3.45. The van der Waals surface area contributed by atoms with E-state index in [-0.39, 0.29) is 0 Å². The number of amides is 2. The van der Waals surface area contributed by atoms with Crippen molar-refractivity contribution in [3.8, 4) is 11.5 Å². The van der Waals surface area contributed by atoms with Crippen LogP contribution in [0, 0.1) is 6.92 Å². The van der Waals surface area contributed by atoms with E-state index in [1.54, 1.807) is 13.2 Å². The topological polar surface area (TPSA) is 99.9 Å². The summed E-state index contributed by atoms with van der Waals surface area (Å²) in [7, 11) is 1.58. The van der Waals surface area contributed by atoms with E-state index in [0.717, 1.165) is 80.9 Å². The maximum atomic E-state index is 13.3. The predicted octanol–water partition coefficient (Wildman–Crippen LogP) is 3.91. The monoisotopic (exact) mass is 583 g/mol. The summed E-state index contributed by atoms with van der Waals surface area (Å²) in [5.41, 5.74) is 4.16. The number of aromatic nitrogens is 3. The highest BCUT2D eigenvalue weighted by Gasteiger charge is 2.34. The molecule has 1 saturated heterocycles. The summed E-state index contributed by atoms with van der Waals surface area (Å²) in [4.78, 5) is 33.1. The normalized spacial score (nSPS) is 15.9. The van der Waals surface area contributed by atoms with Crippen LogP contribution in [0.2, 0.25) is 0 Å². The van der Waals surface area contributed by atoms with Gasteiger partial charge < -0.3 is 23.3 Å². The van der Waals surface area contributed by atoms with Crippen LogP contribution in [0.15, 0.2) is 61.2 Å². The Bertz CT molecular complexity index is 1660. The van der Waals surface area contributed by atoms with Crippen LogP contribution in [0.25, 0.3) is 22.0 Å². The highest BCUT2D eigenvalue weighted by molar-refractivity contribution is 6.50. The Balaban J connectivity index is 1.26. The molecule has 2 aliphatic rings. The van der Waals surface area contributed by atoms with Gasteiger partial charge in [0.25, 0.3) is 11.8 Å². The predicted molar refractivity (Wildman–Crippen MR) is 164 cm³/mol. The van der Waals surface area contributed by atoms with E-state index < -0.39 is 11.8 Å². The van der Waals surface area contributed by atoms with Crippen molar-refractivity contribution in [3.63, 3.8) is 0 Å². The van der Waals surface area contributed by atoms with Gasteiger partial charge in [-0.2, -0.15) is 0 Å². The van der Waals surface area contributed by atoms with Crippen LogP contribution in [0.4, 0.5) is 0 Å². The number of benzene rings is 2. The van der Waals surface area contributed by atoms with Crippen LogP contribution in [-0.2, 0) is 27.4 Å². The number of para-hydroxylation sites is 1. The number of rotatable bonds is 12. The Kier molecular flexibility index (Phi) is 8.57. The number of imidazole rings is 1. The fraction of sp³-hybridized carbons (Fsp3) is 0.364. The molecule has 2 aromatic heterocycles. The summed E-state index contributed by atoms with van der Waals surface area (Å²) in [6.07, 6.45) is 7.45. The Morgan fingerprint density at radius 3 is 2.51 bits per heavy atom. The average Bonchev–Trinajstić information content (AvgIpc) is 3.70. The van der Waals surface area contributed by atoms with Crippen LogP contribution in [0.3, 0.4) is 0 Å². The summed E-state index contributed by atoms with van der Waals surface area (Å²) in [6, 6.07) is 13.4. The standard InChI is InChI=1S/C33H37N5O5/c1-23-20-34-22-38(23)13-5-12-37-21-26(25-7-3-4-8-27(25)37)31-30(32(39)35-33(31)40)24-9-10-28(29(19-24)41-2)43-16-6-11-36-14-17-42-18-15-36/h3-4,7-10,19-22H,5-6,11-18H2,1-2H3,(H,35,39,40). The zero-order valence-electron chi connectivity index (χ0n) is 24.7. The van der Waals surface area contributed by atoms with Crippen molar-refractivity contribution in [2.24, 2.45) is 0 Å². The van der Waals surface area contributed by atoms with E-state index >= 15 is 0 Å². The molecule has 0 spiro atoms. The first kappa shape index (κ1) is 28.7. The maximum Gasteiger partial charge on any atom is 0.259 e. The van der Waals surface area contributed by atoms with Crippen molar-refractivity contribution >= 4 is 33.9 Å². The molecule has 0 saturated carbocycles. The van der Waals surface area contributed by atoms with Crippen LogP contribution in [0.5, 0.6) is 11.5 Å². The van der Waals surface area contributed by atoms with Gasteiger partial charge in [-0.05, 0) is 43.5 Å². The molecule has 0 atom stereocenters. The lowest BCUT2D eigenvalue weighted by molar-refractivity contribution is -0.122. The third kappa shape index (κ3) is 6.07. The van der Waals surface area contributed by atoms with Gasteiger partial charge in [0.1, 0.15) is 0 Å². The van der Waals surface area contributed by atoms with Gasteiger partial charge in [0.15, 0.2) is 11.5 Å². The molecule has 4 heterocycles. The van der Waals surface area contributed by atoms with Gasteiger partial charge in [-0.1, -0.05) is 24.3 Å². The molecule has 2 aromatic carbocycles. The van der Waals surface area contributed by atoms with Crippen LogP contribution < -0.4 is 14.8 Å². The molecule has 1 N–H and O–H groups in total. The largest absolute Gasteiger partial charge is 0.493 e. The number of morpholine rings is 1. The van der Waals surface area contributed by atoms with Crippen molar-refractivity contribution in [1.29, 1.82) is 0 Å². The van der Waals surface area contributed by atoms with Gasteiger partial charge in [-0.25, -0.2) is 4.98 Å². The lowest BCUT2D eigenvalue weighted by Crippen LogP contribution is -2.37.